The lowest BCUT2D eigenvalue weighted by atomic mass is 10.0. The van der Waals surface area contributed by atoms with E-state index in [0.29, 0.717) is 47.5 Å². The van der Waals surface area contributed by atoms with Gasteiger partial charge in [0.05, 0.1) is 40.0 Å². The van der Waals surface area contributed by atoms with Crippen LogP contribution in [0, 0.1) is 39.7 Å². The van der Waals surface area contributed by atoms with Gasteiger partial charge in [-0.2, -0.15) is 10.5 Å². The first kappa shape index (κ1) is 28.5. The van der Waals surface area contributed by atoms with Crippen LogP contribution in [0.25, 0.3) is 22.3 Å². The Kier molecular flexibility index (Phi) is 7.50. The summed E-state index contributed by atoms with van der Waals surface area (Å²) < 4.78 is 37.4. The largest absolute Gasteiger partial charge is 0.478 e. The molecule has 2 aromatic heterocycles. The predicted molar refractivity (Wildman–Crippen MR) is 156 cm³/mol. The smallest absolute Gasteiger partial charge is 0.335 e. The molecule has 218 valence electrons. The number of fused-ring (bicyclic) bond motifs is 1. The normalized spacial score (nSPS) is 13.3. The molecule has 1 N–H and O–H groups in total. The van der Waals surface area contributed by atoms with Gasteiger partial charge in [-0.3, -0.25) is 0 Å². The fourth-order valence-electron chi connectivity index (χ4n) is 5.28. The average molecular weight is 590 g/mol. The maximum atomic E-state index is 15.5. The summed E-state index contributed by atoms with van der Waals surface area (Å²) in [5, 5.41) is 27.8. The van der Waals surface area contributed by atoms with Crippen LogP contribution in [-0.4, -0.2) is 25.6 Å². The molecule has 1 saturated carbocycles. The number of benzene rings is 3. The molecule has 1 fully saturated rings. The SMILES string of the molecule is N#CCC1(Cn2c(Cc3ccc(-c4cccc(OCc5ccc(C#N)cc5F)n4)c(F)c3)nc3ccc(C(=O)O)cc32)CC1. The number of rotatable bonds is 10. The van der Waals surface area contributed by atoms with Gasteiger partial charge in [-0.25, -0.2) is 23.5 Å². The molecule has 0 radical (unpaired) electrons. The summed E-state index contributed by atoms with van der Waals surface area (Å²) >= 11 is 0. The number of halogens is 2. The third kappa shape index (κ3) is 5.83. The van der Waals surface area contributed by atoms with Gasteiger partial charge < -0.3 is 14.4 Å². The molecule has 44 heavy (non-hydrogen) atoms. The molecule has 0 unspecified atom stereocenters. The van der Waals surface area contributed by atoms with E-state index in [2.05, 4.69) is 11.1 Å². The number of pyridine rings is 1. The first-order valence-corrected chi connectivity index (χ1v) is 13.9. The zero-order chi connectivity index (χ0) is 30.8. The van der Waals surface area contributed by atoms with Gasteiger partial charge in [0.1, 0.15) is 24.1 Å². The highest BCUT2D eigenvalue weighted by Crippen LogP contribution is 2.50. The molecule has 3 aromatic carbocycles. The Hall–Kier alpha value is -5.61. The van der Waals surface area contributed by atoms with Gasteiger partial charge in [-0.15, -0.1) is 0 Å². The van der Waals surface area contributed by atoms with Crippen LogP contribution in [0.4, 0.5) is 8.78 Å². The van der Waals surface area contributed by atoms with Crippen molar-refractivity contribution in [2.75, 3.05) is 0 Å². The molecule has 0 atom stereocenters. The van der Waals surface area contributed by atoms with Crippen LogP contribution in [-0.2, 0) is 19.6 Å². The first-order chi connectivity index (χ1) is 21.3. The molecule has 0 amide bonds. The van der Waals surface area contributed by atoms with Gasteiger partial charge in [-0.1, -0.05) is 18.2 Å². The maximum absolute atomic E-state index is 15.5. The minimum absolute atomic E-state index is 0.111. The number of imidazole rings is 1. The van der Waals surface area contributed by atoms with Crippen molar-refractivity contribution in [2.45, 2.75) is 38.8 Å². The topological polar surface area (TPSA) is 125 Å². The number of hydrogen-bond donors (Lipinski definition) is 1. The van der Waals surface area contributed by atoms with Crippen LogP contribution in [0.3, 0.4) is 0 Å². The Labute approximate surface area is 251 Å². The van der Waals surface area contributed by atoms with Crippen LogP contribution < -0.4 is 4.74 Å². The fraction of sp³-hybridized carbons (Fsp3) is 0.206. The van der Waals surface area contributed by atoms with E-state index >= 15 is 4.39 Å². The number of carboxylic acids is 1. The fourth-order valence-corrected chi connectivity index (χ4v) is 5.28. The molecule has 5 aromatic rings. The van der Waals surface area contributed by atoms with E-state index in [4.69, 9.17) is 15.0 Å². The maximum Gasteiger partial charge on any atom is 0.335 e. The molecular weight excluding hydrogens is 564 g/mol. The monoisotopic (exact) mass is 589 g/mol. The number of nitriles is 2. The molecule has 10 heteroatoms. The van der Waals surface area contributed by atoms with Gasteiger partial charge in [0.25, 0.3) is 0 Å². The molecule has 0 aliphatic heterocycles. The summed E-state index contributed by atoms with van der Waals surface area (Å²) in [4.78, 5) is 20.8. The quantitative estimate of drug-likeness (QED) is 0.190. The second kappa shape index (κ2) is 11.6. The second-order valence-electron chi connectivity index (χ2n) is 11.0. The molecule has 0 bridgehead atoms. The molecule has 0 spiro atoms. The van der Waals surface area contributed by atoms with Gasteiger partial charge >= 0.3 is 5.97 Å². The van der Waals surface area contributed by atoms with Crippen molar-refractivity contribution in [3.8, 4) is 29.3 Å². The molecule has 6 rings (SSSR count). The number of hydrogen-bond acceptors (Lipinski definition) is 6. The number of aromatic nitrogens is 3. The molecule has 0 saturated heterocycles. The lowest BCUT2D eigenvalue weighted by molar-refractivity contribution is 0.0697. The summed E-state index contributed by atoms with van der Waals surface area (Å²) in [6.07, 6.45) is 2.50. The molecule has 2 heterocycles. The lowest BCUT2D eigenvalue weighted by Crippen LogP contribution is -2.14. The zero-order valence-corrected chi connectivity index (χ0v) is 23.4. The summed E-state index contributed by atoms with van der Waals surface area (Å²) in [5.74, 6) is -1.25. The van der Waals surface area contributed by atoms with Crippen LogP contribution in [0.1, 0.15) is 52.1 Å². The minimum atomic E-state index is -1.04. The summed E-state index contributed by atoms with van der Waals surface area (Å²) in [7, 11) is 0. The van der Waals surface area contributed by atoms with Gasteiger partial charge in [-0.05, 0) is 66.9 Å². The van der Waals surface area contributed by atoms with Gasteiger partial charge in [0, 0.05) is 42.0 Å². The van der Waals surface area contributed by atoms with Gasteiger partial charge in [0.2, 0.25) is 5.88 Å². The minimum Gasteiger partial charge on any atom is -0.478 e. The highest BCUT2D eigenvalue weighted by atomic mass is 19.1. The lowest BCUT2D eigenvalue weighted by Gasteiger charge is -2.16. The average Bonchev–Trinajstić information content (AvgIpc) is 3.70. The Balaban J connectivity index is 1.25. The van der Waals surface area contributed by atoms with Crippen LogP contribution in [0.2, 0.25) is 0 Å². The van der Waals surface area contributed by atoms with Crippen molar-refractivity contribution < 1.29 is 23.4 Å². The molecule has 1 aliphatic carbocycles. The van der Waals surface area contributed by atoms with Crippen molar-refractivity contribution >= 4 is 17.0 Å². The van der Waals surface area contributed by atoms with E-state index in [9.17, 15) is 19.6 Å². The third-order valence-electron chi connectivity index (χ3n) is 7.93. The van der Waals surface area contributed by atoms with E-state index in [1.54, 1.807) is 42.5 Å². The number of carbonyl (C=O) groups is 1. The van der Waals surface area contributed by atoms with E-state index in [1.165, 1.54) is 24.3 Å². The van der Waals surface area contributed by atoms with Crippen molar-refractivity contribution in [3.05, 3.63) is 113 Å². The molecule has 8 nitrogen and oxygen atoms in total. The number of ether oxygens (including phenoxy) is 1. The zero-order valence-electron chi connectivity index (χ0n) is 23.4. The van der Waals surface area contributed by atoms with Crippen molar-refractivity contribution in [3.63, 3.8) is 0 Å². The van der Waals surface area contributed by atoms with E-state index < -0.39 is 17.6 Å². The van der Waals surface area contributed by atoms with Crippen molar-refractivity contribution in [2.24, 2.45) is 5.41 Å². The highest BCUT2D eigenvalue weighted by Gasteiger charge is 2.43. The number of nitrogens with zero attached hydrogens (tertiary/aromatic N) is 5. The standard InChI is InChI=1S/C34H25F2N5O3/c35-26-15-22(18-38)4-6-24(26)19-44-32-3-1-2-28(40-32)25-8-5-21(14-27(25)36)16-31-39-29-9-7-23(33(42)43)17-30(29)41(31)20-34(10-11-34)12-13-37/h1-9,14-15,17H,10-12,16,19-20H2,(H,42,43). The van der Waals surface area contributed by atoms with E-state index in [0.717, 1.165) is 18.9 Å². The molecule has 1 aliphatic rings. The van der Waals surface area contributed by atoms with Gasteiger partial charge in [0.15, 0.2) is 0 Å². The molecular formula is C34H25F2N5O3. The number of carboxylic acid groups (broad SMARTS) is 1. The first-order valence-electron chi connectivity index (χ1n) is 13.9. The van der Waals surface area contributed by atoms with Crippen LogP contribution in [0.15, 0.2) is 72.8 Å². The Morgan fingerprint density at radius 2 is 1.84 bits per heavy atom. The number of aromatic carboxylic acids is 1. The summed E-state index contributed by atoms with van der Waals surface area (Å²) in [6, 6.07) is 22.8. The Bertz CT molecular complexity index is 2000. The van der Waals surface area contributed by atoms with Crippen LogP contribution >= 0.6 is 0 Å². The Morgan fingerprint density at radius 3 is 2.55 bits per heavy atom. The summed E-state index contributed by atoms with van der Waals surface area (Å²) in [5.41, 5.74) is 3.01. The third-order valence-corrected chi connectivity index (χ3v) is 7.93. The highest BCUT2D eigenvalue weighted by molar-refractivity contribution is 5.92. The summed E-state index contributed by atoms with van der Waals surface area (Å²) in [6.45, 7) is 0.416. The van der Waals surface area contributed by atoms with Crippen LogP contribution in [0.5, 0.6) is 5.88 Å². The van der Waals surface area contributed by atoms with E-state index in [-0.39, 0.29) is 40.2 Å². The Morgan fingerprint density at radius 1 is 1.00 bits per heavy atom. The second-order valence-corrected chi connectivity index (χ2v) is 11.0. The predicted octanol–water partition coefficient (Wildman–Crippen LogP) is 6.81. The van der Waals surface area contributed by atoms with Crippen molar-refractivity contribution in [1.29, 1.82) is 10.5 Å². The van der Waals surface area contributed by atoms with Crippen molar-refractivity contribution in [1.82, 2.24) is 14.5 Å². The van der Waals surface area contributed by atoms with E-state index in [1.807, 2.05) is 10.6 Å².